The highest BCUT2D eigenvalue weighted by atomic mass is 35.5. The number of hydrogen-bond acceptors (Lipinski definition) is 4. The number of amides is 3. The van der Waals surface area contributed by atoms with Gasteiger partial charge in [-0.15, -0.1) is 0 Å². The van der Waals surface area contributed by atoms with Gasteiger partial charge in [-0.2, -0.15) is 0 Å². The van der Waals surface area contributed by atoms with Crippen LogP contribution in [-0.4, -0.2) is 48.0 Å². The van der Waals surface area contributed by atoms with Crippen molar-refractivity contribution in [2.45, 2.75) is 6.42 Å². The molecule has 8 heteroatoms. The van der Waals surface area contributed by atoms with E-state index < -0.39 is 0 Å². The van der Waals surface area contributed by atoms with Gasteiger partial charge in [0.1, 0.15) is 5.82 Å². The molecule has 1 fully saturated rings. The van der Waals surface area contributed by atoms with Gasteiger partial charge in [0.05, 0.1) is 11.9 Å². The van der Waals surface area contributed by atoms with Crippen LogP contribution in [0.5, 0.6) is 0 Å². The molecule has 1 saturated heterocycles. The number of para-hydroxylation sites is 1. The smallest absolute Gasteiger partial charge is 0.323 e. The van der Waals surface area contributed by atoms with Crippen molar-refractivity contribution in [1.82, 2.24) is 9.88 Å². The van der Waals surface area contributed by atoms with Gasteiger partial charge in [-0.1, -0.05) is 29.8 Å². The van der Waals surface area contributed by atoms with E-state index in [9.17, 15) is 9.59 Å². The minimum Gasteiger partial charge on any atom is -0.355 e. The fourth-order valence-electron chi connectivity index (χ4n) is 3.59. The van der Waals surface area contributed by atoms with Crippen LogP contribution in [0.4, 0.5) is 22.0 Å². The molecule has 3 aromatic rings. The molecule has 0 saturated carbocycles. The number of nitrogens with zero attached hydrogens (tertiary/aromatic N) is 3. The Kier molecular flexibility index (Phi) is 6.87. The largest absolute Gasteiger partial charge is 0.355 e. The second-order valence-electron chi connectivity index (χ2n) is 7.49. The zero-order valence-electron chi connectivity index (χ0n) is 17.5. The number of nitrogens with one attached hydrogen (secondary N) is 2. The van der Waals surface area contributed by atoms with Crippen molar-refractivity contribution >= 4 is 40.7 Å². The average molecular weight is 450 g/mol. The third-order valence-corrected chi connectivity index (χ3v) is 5.49. The van der Waals surface area contributed by atoms with E-state index in [0.29, 0.717) is 35.9 Å². The van der Waals surface area contributed by atoms with Gasteiger partial charge in [0.2, 0.25) is 0 Å². The van der Waals surface area contributed by atoms with Crippen LogP contribution < -0.4 is 15.5 Å². The first-order chi connectivity index (χ1) is 15.6. The summed E-state index contributed by atoms with van der Waals surface area (Å²) in [5, 5.41) is 6.18. The summed E-state index contributed by atoms with van der Waals surface area (Å²) < 4.78 is 0. The van der Waals surface area contributed by atoms with E-state index >= 15 is 0 Å². The molecular formula is C24H24ClN5O2. The second-order valence-corrected chi connectivity index (χ2v) is 7.93. The lowest BCUT2D eigenvalue weighted by atomic mass is 10.2. The van der Waals surface area contributed by atoms with Gasteiger partial charge in [0, 0.05) is 42.5 Å². The van der Waals surface area contributed by atoms with Crippen molar-refractivity contribution in [3.63, 3.8) is 0 Å². The fourth-order valence-corrected chi connectivity index (χ4v) is 3.71. The van der Waals surface area contributed by atoms with Gasteiger partial charge in [0.15, 0.2) is 0 Å². The Morgan fingerprint density at radius 2 is 1.56 bits per heavy atom. The maximum Gasteiger partial charge on any atom is 0.323 e. The molecule has 4 rings (SSSR count). The van der Waals surface area contributed by atoms with E-state index in [2.05, 4.69) is 20.5 Å². The van der Waals surface area contributed by atoms with Gasteiger partial charge in [-0.25, -0.2) is 9.78 Å². The maximum atomic E-state index is 12.8. The summed E-state index contributed by atoms with van der Waals surface area (Å²) in [7, 11) is 0. The van der Waals surface area contributed by atoms with E-state index in [1.807, 2.05) is 47.4 Å². The van der Waals surface area contributed by atoms with Crippen molar-refractivity contribution in [3.8, 4) is 0 Å². The van der Waals surface area contributed by atoms with Gasteiger partial charge >= 0.3 is 6.03 Å². The number of pyridine rings is 1. The predicted molar refractivity (Wildman–Crippen MR) is 128 cm³/mol. The molecule has 0 bridgehead atoms. The van der Waals surface area contributed by atoms with Gasteiger partial charge in [-0.3, -0.25) is 4.79 Å². The number of benzene rings is 2. The number of anilines is 3. The van der Waals surface area contributed by atoms with Crippen molar-refractivity contribution < 1.29 is 9.59 Å². The lowest BCUT2D eigenvalue weighted by Gasteiger charge is -2.23. The number of carbonyl (C=O) groups excluding carboxylic acids is 2. The molecule has 0 aliphatic carbocycles. The molecule has 164 valence electrons. The minimum atomic E-state index is -0.322. The van der Waals surface area contributed by atoms with Gasteiger partial charge in [-0.05, 0) is 55.0 Å². The summed E-state index contributed by atoms with van der Waals surface area (Å²) in [5.41, 5.74) is 1.97. The molecule has 0 radical (unpaired) electrons. The number of rotatable bonds is 4. The van der Waals surface area contributed by atoms with Crippen LogP contribution in [0.3, 0.4) is 0 Å². The molecule has 1 aliphatic rings. The third kappa shape index (κ3) is 5.56. The third-order valence-electron chi connectivity index (χ3n) is 5.24. The maximum absolute atomic E-state index is 12.8. The molecule has 3 amide bonds. The normalized spacial score (nSPS) is 13.9. The van der Waals surface area contributed by atoms with Crippen LogP contribution in [0.15, 0.2) is 72.9 Å². The topological polar surface area (TPSA) is 77.6 Å². The Hall–Kier alpha value is -3.58. The Morgan fingerprint density at radius 3 is 2.28 bits per heavy atom. The summed E-state index contributed by atoms with van der Waals surface area (Å²) in [6.07, 6.45) is 2.49. The molecule has 1 aromatic heterocycles. The minimum absolute atomic E-state index is 0.0143. The molecular weight excluding hydrogens is 426 g/mol. The molecule has 7 nitrogen and oxygen atoms in total. The Balaban J connectivity index is 1.32. The summed E-state index contributed by atoms with van der Waals surface area (Å²) >= 11 is 5.93. The lowest BCUT2D eigenvalue weighted by molar-refractivity contribution is 0.0767. The monoisotopic (exact) mass is 449 g/mol. The van der Waals surface area contributed by atoms with Crippen molar-refractivity contribution in [3.05, 3.63) is 83.5 Å². The molecule has 2 N–H and O–H groups in total. The highest BCUT2D eigenvalue weighted by Gasteiger charge is 2.21. The Bertz CT molecular complexity index is 1060. The molecule has 2 heterocycles. The zero-order chi connectivity index (χ0) is 22.3. The molecule has 32 heavy (non-hydrogen) atoms. The summed E-state index contributed by atoms with van der Waals surface area (Å²) in [4.78, 5) is 33.5. The molecule has 1 aliphatic heterocycles. The number of halogens is 1. The number of hydrogen-bond donors (Lipinski definition) is 2. The SMILES string of the molecule is O=C(Nc1ccccc1)Nc1ccc(N2CCCN(C(=O)c3ccc(Cl)cc3)CC2)nc1. The summed E-state index contributed by atoms with van der Waals surface area (Å²) in [5.74, 6) is 0.834. The van der Waals surface area contributed by atoms with E-state index in [1.165, 1.54) is 0 Å². The first kappa shape index (κ1) is 21.6. The van der Waals surface area contributed by atoms with E-state index in [1.54, 1.807) is 30.5 Å². The van der Waals surface area contributed by atoms with Crippen molar-refractivity contribution in [2.75, 3.05) is 41.7 Å². The average Bonchev–Trinajstić information content (AvgIpc) is 3.07. The quantitative estimate of drug-likeness (QED) is 0.603. The number of aromatic nitrogens is 1. The number of carbonyl (C=O) groups is 2. The van der Waals surface area contributed by atoms with E-state index in [4.69, 9.17) is 11.6 Å². The first-order valence-corrected chi connectivity index (χ1v) is 10.9. The van der Waals surface area contributed by atoms with Crippen LogP contribution in [0.25, 0.3) is 0 Å². The van der Waals surface area contributed by atoms with Gasteiger partial charge in [0.25, 0.3) is 5.91 Å². The summed E-state index contributed by atoms with van der Waals surface area (Å²) in [6, 6.07) is 19.6. The summed E-state index contributed by atoms with van der Waals surface area (Å²) in [6.45, 7) is 2.80. The highest BCUT2D eigenvalue weighted by molar-refractivity contribution is 6.30. The second kappa shape index (κ2) is 10.2. The fraction of sp³-hybridized carbons (Fsp3) is 0.208. The molecule has 0 atom stereocenters. The Morgan fingerprint density at radius 1 is 0.812 bits per heavy atom. The Labute approximate surface area is 192 Å². The van der Waals surface area contributed by atoms with Crippen LogP contribution in [-0.2, 0) is 0 Å². The standard InChI is InChI=1S/C24H24ClN5O2/c25-19-9-7-18(8-10-19)23(31)30-14-4-13-29(15-16-30)22-12-11-21(17-26-22)28-24(32)27-20-5-2-1-3-6-20/h1-3,5-12,17H,4,13-16H2,(H2,27,28,32). The van der Waals surface area contributed by atoms with Crippen LogP contribution >= 0.6 is 11.6 Å². The van der Waals surface area contributed by atoms with Crippen LogP contribution in [0.1, 0.15) is 16.8 Å². The molecule has 0 unspecified atom stereocenters. The zero-order valence-corrected chi connectivity index (χ0v) is 18.3. The highest BCUT2D eigenvalue weighted by Crippen LogP contribution is 2.18. The molecule has 0 spiro atoms. The van der Waals surface area contributed by atoms with Crippen LogP contribution in [0.2, 0.25) is 5.02 Å². The van der Waals surface area contributed by atoms with E-state index in [0.717, 1.165) is 24.5 Å². The first-order valence-electron chi connectivity index (χ1n) is 10.5. The molecule has 2 aromatic carbocycles. The lowest BCUT2D eigenvalue weighted by Crippen LogP contribution is -2.35. The van der Waals surface area contributed by atoms with E-state index in [-0.39, 0.29) is 11.9 Å². The van der Waals surface area contributed by atoms with Crippen molar-refractivity contribution in [1.29, 1.82) is 0 Å². The number of urea groups is 1. The van der Waals surface area contributed by atoms with Crippen LogP contribution in [0, 0.1) is 0 Å². The van der Waals surface area contributed by atoms with Crippen molar-refractivity contribution in [2.24, 2.45) is 0 Å². The van der Waals surface area contributed by atoms with Gasteiger partial charge < -0.3 is 20.4 Å². The predicted octanol–water partition coefficient (Wildman–Crippen LogP) is 4.73.